The highest BCUT2D eigenvalue weighted by Gasteiger charge is 2.29. The molecular weight excluding hydrogens is 645 g/mol. The molecule has 15 nitrogen and oxygen atoms in total. The van der Waals surface area contributed by atoms with Crippen LogP contribution in [-0.2, 0) is 23.9 Å². The number of aromatic nitrogens is 2. The monoisotopic (exact) mass is 674 g/mol. The number of carboxylic acids is 3. The number of halogens is 2. The van der Waals surface area contributed by atoms with Gasteiger partial charge in [-0.25, -0.2) is 14.4 Å². The smallest absolute Gasteiger partial charge is 0.248 e. The number of benzene rings is 2. The molecule has 0 unspecified atom stereocenters. The highest BCUT2D eigenvalue weighted by atomic mass is 35.5. The van der Waals surface area contributed by atoms with E-state index in [-0.39, 0.29) is 17.0 Å². The van der Waals surface area contributed by atoms with Crippen LogP contribution in [0.2, 0.25) is 5.02 Å². The zero-order chi connectivity index (χ0) is 34.7. The van der Waals surface area contributed by atoms with Gasteiger partial charge in [-0.2, -0.15) is 0 Å². The van der Waals surface area contributed by atoms with Gasteiger partial charge >= 0.3 is 0 Å². The van der Waals surface area contributed by atoms with Gasteiger partial charge in [0.2, 0.25) is 5.91 Å². The number of carboxylic acid groups (broad SMARTS) is 3. The first-order valence-electron chi connectivity index (χ1n) is 13.9. The summed E-state index contributed by atoms with van der Waals surface area (Å²) in [5, 5.41) is 45.6. The van der Waals surface area contributed by atoms with Gasteiger partial charge in [-0.15, -0.1) is 0 Å². The fourth-order valence-corrected chi connectivity index (χ4v) is 4.28. The summed E-state index contributed by atoms with van der Waals surface area (Å²) in [5.74, 6) is -5.81. The topological polar surface area (TPSA) is 229 Å². The minimum Gasteiger partial charge on any atom is -0.550 e. The Balaban J connectivity index is 0.000000392. The van der Waals surface area contributed by atoms with Crippen molar-refractivity contribution in [2.24, 2.45) is 0 Å². The molecule has 2 heterocycles. The number of fused-ring (bicyclic) bond motifs is 1. The molecule has 1 atom stereocenters. The molecule has 0 bridgehead atoms. The van der Waals surface area contributed by atoms with E-state index in [1.54, 1.807) is 24.3 Å². The second kappa shape index (κ2) is 16.6. The van der Waals surface area contributed by atoms with Crippen LogP contribution in [0.25, 0.3) is 10.9 Å². The fourth-order valence-electron chi connectivity index (χ4n) is 4.10. The van der Waals surface area contributed by atoms with Gasteiger partial charge in [0.1, 0.15) is 35.4 Å². The van der Waals surface area contributed by atoms with Gasteiger partial charge in [0.05, 0.1) is 35.4 Å². The van der Waals surface area contributed by atoms with Crippen molar-refractivity contribution in [1.82, 2.24) is 14.9 Å². The van der Waals surface area contributed by atoms with Crippen molar-refractivity contribution in [3.63, 3.8) is 0 Å². The molecule has 17 heteroatoms. The number of carbonyl (C=O) groups is 4. The molecule has 1 aromatic heterocycles. The summed E-state index contributed by atoms with van der Waals surface area (Å²) in [6, 6.07) is 7.82. The van der Waals surface area contributed by atoms with Crippen LogP contribution < -0.4 is 30.7 Å². The average Bonchev–Trinajstić information content (AvgIpc) is 3.48. The molecule has 3 N–H and O–H groups in total. The predicted molar refractivity (Wildman–Crippen MR) is 160 cm³/mol. The Morgan fingerprint density at radius 1 is 1.15 bits per heavy atom. The van der Waals surface area contributed by atoms with Crippen LogP contribution in [0.15, 0.2) is 48.8 Å². The molecule has 0 aliphatic carbocycles. The minimum absolute atomic E-state index is 0.00436. The van der Waals surface area contributed by atoms with Gasteiger partial charge < -0.3 is 59.8 Å². The zero-order valence-electron chi connectivity index (χ0n) is 25.2. The van der Waals surface area contributed by atoms with Crippen LogP contribution in [0.4, 0.5) is 21.6 Å². The lowest BCUT2D eigenvalue weighted by atomic mass is 9.96. The maximum atomic E-state index is 13.6. The lowest BCUT2D eigenvalue weighted by Crippen LogP contribution is -2.54. The van der Waals surface area contributed by atoms with Crippen molar-refractivity contribution >= 4 is 63.5 Å². The van der Waals surface area contributed by atoms with Crippen molar-refractivity contribution in [3.05, 3.63) is 59.7 Å². The van der Waals surface area contributed by atoms with Crippen LogP contribution in [-0.4, -0.2) is 89.3 Å². The largest absolute Gasteiger partial charge is 0.550 e. The Kier molecular flexibility index (Phi) is 12.9. The maximum Gasteiger partial charge on any atom is 0.248 e. The van der Waals surface area contributed by atoms with Crippen molar-refractivity contribution in [1.29, 1.82) is 0 Å². The normalized spacial score (nSPS) is 14.5. The third-order valence-electron chi connectivity index (χ3n) is 6.35. The van der Waals surface area contributed by atoms with Crippen LogP contribution in [0.1, 0.15) is 19.3 Å². The number of hydrogen-bond acceptors (Lipinski definition) is 14. The number of aliphatic carboxylic acids is 3. The highest BCUT2D eigenvalue weighted by Crippen LogP contribution is 2.35. The molecular formula is C30H30ClFN5O10-3. The minimum atomic E-state index is -2.97. The van der Waals surface area contributed by atoms with Crippen LogP contribution in [0.5, 0.6) is 5.75 Å². The van der Waals surface area contributed by atoms with E-state index in [9.17, 15) is 38.9 Å². The molecule has 0 saturated carbocycles. The third kappa shape index (κ3) is 11.1. The summed E-state index contributed by atoms with van der Waals surface area (Å²) in [5.41, 5.74) is -1.32. The molecule has 1 amide bonds. The van der Waals surface area contributed by atoms with E-state index < -0.39 is 42.2 Å². The molecule has 1 aliphatic rings. The Hall–Kier alpha value is -4.90. The molecule has 252 valence electrons. The molecule has 4 rings (SSSR count). The van der Waals surface area contributed by atoms with Crippen molar-refractivity contribution < 1.29 is 53.5 Å². The first-order valence-corrected chi connectivity index (χ1v) is 14.3. The Labute approximate surface area is 272 Å². The predicted octanol–water partition coefficient (Wildman–Crippen LogP) is -0.863. The van der Waals surface area contributed by atoms with Crippen molar-refractivity contribution in [2.45, 2.75) is 31.0 Å². The number of carbonyl (C=O) groups excluding carboxylic acids is 4. The van der Waals surface area contributed by atoms with Gasteiger partial charge in [0, 0.05) is 61.0 Å². The molecule has 3 aromatic rings. The standard InChI is InChI=1S/C24H25ClFN5O3.C6H8O7/c1-31(2)8-3-4-23(32)30-21-11-17-20(12-22(21)34-16-7-9-33-13-16)27-14-28-24(17)29-15-5-6-19(26)18(25)10-15;7-3(8)1-6(13,5(11)12)2-4(9)10/h3-6,10-12,14,16H,7-9,13H2,1-2H3,(H,30,32)(H,27,28,29);13H,1-2H2,(H,7,8)(H,9,10)(H,11,12)/p-3/b4-3+;/t16-;/m0./s1. The van der Waals surface area contributed by atoms with Gasteiger partial charge in [-0.3, -0.25) is 4.79 Å². The number of anilines is 3. The summed E-state index contributed by atoms with van der Waals surface area (Å²) >= 11 is 5.91. The van der Waals surface area contributed by atoms with E-state index in [2.05, 4.69) is 20.6 Å². The first kappa shape index (κ1) is 36.6. The number of ether oxygens (including phenoxy) is 2. The van der Waals surface area contributed by atoms with E-state index in [1.165, 1.54) is 24.5 Å². The molecule has 2 aromatic carbocycles. The summed E-state index contributed by atoms with van der Waals surface area (Å²) in [4.78, 5) is 53.2. The highest BCUT2D eigenvalue weighted by molar-refractivity contribution is 6.31. The average molecular weight is 675 g/mol. The quantitative estimate of drug-likeness (QED) is 0.187. The molecule has 0 spiro atoms. The van der Waals surface area contributed by atoms with E-state index in [0.717, 1.165) is 6.42 Å². The number of hydrogen-bond donors (Lipinski definition) is 3. The lowest BCUT2D eigenvalue weighted by molar-refractivity contribution is -0.339. The second-order valence-corrected chi connectivity index (χ2v) is 10.9. The van der Waals surface area contributed by atoms with E-state index >= 15 is 0 Å². The molecule has 1 fully saturated rings. The third-order valence-corrected chi connectivity index (χ3v) is 6.64. The maximum absolute atomic E-state index is 13.6. The summed E-state index contributed by atoms with van der Waals surface area (Å²) in [7, 11) is 3.84. The summed E-state index contributed by atoms with van der Waals surface area (Å²) in [6.45, 7) is 1.75. The first-order chi connectivity index (χ1) is 22.2. The van der Waals surface area contributed by atoms with Crippen LogP contribution in [0, 0.1) is 5.82 Å². The molecule has 1 aliphatic heterocycles. The van der Waals surface area contributed by atoms with Crippen molar-refractivity contribution in [2.75, 3.05) is 44.5 Å². The number of rotatable bonds is 13. The number of aliphatic hydroxyl groups is 1. The van der Waals surface area contributed by atoms with Crippen LogP contribution in [0.3, 0.4) is 0 Å². The van der Waals surface area contributed by atoms with Gasteiger partial charge in [0.25, 0.3) is 0 Å². The van der Waals surface area contributed by atoms with Crippen LogP contribution >= 0.6 is 11.6 Å². The zero-order valence-corrected chi connectivity index (χ0v) is 25.9. The van der Waals surface area contributed by atoms with Gasteiger partial charge in [-0.1, -0.05) is 17.7 Å². The van der Waals surface area contributed by atoms with E-state index in [1.807, 2.05) is 19.0 Å². The summed E-state index contributed by atoms with van der Waals surface area (Å²) in [6.07, 6.45) is 2.60. The van der Waals surface area contributed by atoms with Gasteiger partial charge in [0.15, 0.2) is 0 Å². The van der Waals surface area contributed by atoms with Crippen molar-refractivity contribution in [3.8, 4) is 5.75 Å². The number of likely N-dealkylation sites (N-methyl/N-ethyl adjacent to an activating group) is 1. The number of amides is 1. The number of nitrogens with one attached hydrogen (secondary N) is 2. The molecule has 47 heavy (non-hydrogen) atoms. The van der Waals surface area contributed by atoms with E-state index in [0.29, 0.717) is 53.6 Å². The second-order valence-electron chi connectivity index (χ2n) is 10.5. The lowest BCUT2D eigenvalue weighted by Gasteiger charge is -2.29. The Morgan fingerprint density at radius 2 is 1.85 bits per heavy atom. The summed E-state index contributed by atoms with van der Waals surface area (Å²) < 4.78 is 25.1. The fraction of sp³-hybridized carbons (Fsp3) is 0.333. The van der Waals surface area contributed by atoms with E-state index in [4.69, 9.17) is 26.2 Å². The Morgan fingerprint density at radius 3 is 2.43 bits per heavy atom. The Bertz CT molecular complexity index is 1630. The molecule has 0 radical (unpaired) electrons. The SMILES string of the molecule is CN(C)C/C=C/C(=O)Nc1cc2c(Nc3ccc(F)c(Cl)c3)ncnc2cc1O[C@H]1CCOC1.O=C([O-])CC(O)(CC(=O)[O-])C(=O)[O-]. The number of nitrogens with zero attached hydrogens (tertiary/aromatic N) is 3. The van der Waals surface area contributed by atoms with Gasteiger partial charge in [-0.05, 0) is 38.4 Å². The molecule has 1 saturated heterocycles.